The molecule has 7 heteroatoms. The van der Waals surface area contributed by atoms with Crippen LogP contribution in [0.3, 0.4) is 0 Å². The summed E-state index contributed by atoms with van der Waals surface area (Å²) in [4.78, 5) is 4.22. The van der Waals surface area contributed by atoms with Crippen LogP contribution in [0.4, 0.5) is 11.5 Å². The summed E-state index contributed by atoms with van der Waals surface area (Å²) < 4.78 is 26.7. The number of aromatic nitrogens is 1. The molecule has 2 N–H and O–H groups in total. The molecule has 5 nitrogen and oxygen atoms in total. The lowest BCUT2D eigenvalue weighted by atomic mass is 10.4. The molecule has 2 aromatic rings. The Bertz CT molecular complexity index is 685. The summed E-state index contributed by atoms with van der Waals surface area (Å²) in [5.41, 5.74) is 0.853. The highest BCUT2D eigenvalue weighted by atomic mass is 35.5. The maximum absolute atomic E-state index is 12.2. The van der Waals surface area contributed by atoms with Gasteiger partial charge in [-0.25, -0.2) is 13.4 Å². The highest BCUT2D eigenvalue weighted by molar-refractivity contribution is 7.92. The van der Waals surface area contributed by atoms with Crippen LogP contribution in [0, 0.1) is 0 Å². The number of benzene rings is 1. The zero-order valence-corrected chi connectivity index (χ0v) is 13.1. The summed E-state index contributed by atoms with van der Waals surface area (Å²) in [6, 6.07) is 9.35. The molecule has 0 aliphatic carbocycles. The van der Waals surface area contributed by atoms with Crippen molar-refractivity contribution in [3.63, 3.8) is 0 Å². The molecule has 21 heavy (non-hydrogen) atoms. The zero-order chi connectivity index (χ0) is 15.3. The number of sulfonamides is 1. The lowest BCUT2D eigenvalue weighted by Gasteiger charge is -2.09. The summed E-state index contributed by atoms with van der Waals surface area (Å²) in [7, 11) is -3.65. The quantitative estimate of drug-likeness (QED) is 0.854. The largest absolute Gasteiger partial charge is 0.384 e. The molecule has 0 saturated heterocycles. The highest BCUT2D eigenvalue weighted by Crippen LogP contribution is 2.18. The normalized spacial score (nSPS) is 11.1. The average molecular weight is 326 g/mol. The molecule has 1 heterocycles. The van der Waals surface area contributed by atoms with Gasteiger partial charge in [0.15, 0.2) is 0 Å². The minimum Gasteiger partial charge on any atom is -0.384 e. The Morgan fingerprint density at radius 3 is 2.43 bits per heavy atom. The number of nitrogens with one attached hydrogen (secondary N) is 2. The Morgan fingerprint density at radius 2 is 1.86 bits per heavy atom. The van der Waals surface area contributed by atoms with E-state index in [4.69, 9.17) is 11.6 Å². The Kier molecular flexibility index (Phi) is 5.03. The first-order valence-corrected chi connectivity index (χ1v) is 8.35. The molecular weight excluding hydrogens is 310 g/mol. The maximum Gasteiger partial charge on any atom is 0.263 e. The molecule has 0 atom stereocenters. The van der Waals surface area contributed by atoms with Crippen molar-refractivity contribution in [2.75, 3.05) is 16.6 Å². The van der Waals surface area contributed by atoms with Crippen LogP contribution in [0.15, 0.2) is 47.5 Å². The molecule has 0 fully saturated rings. The highest BCUT2D eigenvalue weighted by Gasteiger charge is 2.14. The standard InChI is InChI=1S/C14H16ClN3O2S/c1-2-9-16-12-5-8-14(17-10-12)18-21(19,20)13-6-3-11(15)4-7-13/h3-8,10,16H,2,9H2,1H3,(H,17,18). The van der Waals surface area contributed by atoms with E-state index in [1.54, 1.807) is 18.3 Å². The molecule has 0 saturated carbocycles. The Labute approximate surface area is 129 Å². The fraction of sp³-hybridized carbons (Fsp3) is 0.214. The monoisotopic (exact) mass is 325 g/mol. The number of hydrogen-bond acceptors (Lipinski definition) is 4. The van der Waals surface area contributed by atoms with E-state index in [9.17, 15) is 8.42 Å². The van der Waals surface area contributed by atoms with E-state index in [0.29, 0.717) is 5.02 Å². The SMILES string of the molecule is CCCNc1ccc(NS(=O)(=O)c2ccc(Cl)cc2)nc1. The molecule has 112 valence electrons. The molecule has 0 spiro atoms. The van der Waals surface area contributed by atoms with Crippen LogP contribution in [0.5, 0.6) is 0 Å². The fourth-order valence-corrected chi connectivity index (χ4v) is 2.77. The van der Waals surface area contributed by atoms with Gasteiger partial charge in [0.05, 0.1) is 16.8 Å². The van der Waals surface area contributed by atoms with Crippen LogP contribution < -0.4 is 10.0 Å². The smallest absolute Gasteiger partial charge is 0.263 e. The topological polar surface area (TPSA) is 71.1 Å². The molecule has 0 unspecified atom stereocenters. The number of hydrogen-bond donors (Lipinski definition) is 2. The molecule has 0 bridgehead atoms. The second-order valence-electron chi connectivity index (χ2n) is 4.42. The van der Waals surface area contributed by atoms with Gasteiger partial charge in [-0.2, -0.15) is 0 Å². The summed E-state index contributed by atoms with van der Waals surface area (Å²) in [6.45, 7) is 2.91. The van der Waals surface area contributed by atoms with Crippen molar-refractivity contribution >= 4 is 33.1 Å². The van der Waals surface area contributed by atoms with E-state index in [2.05, 4.69) is 21.9 Å². The van der Waals surface area contributed by atoms with Crippen molar-refractivity contribution in [3.05, 3.63) is 47.6 Å². The number of anilines is 2. The molecule has 1 aromatic carbocycles. The third kappa shape index (κ3) is 4.34. The van der Waals surface area contributed by atoms with Crippen molar-refractivity contribution in [3.8, 4) is 0 Å². The summed E-state index contributed by atoms with van der Waals surface area (Å²) in [6.07, 6.45) is 2.60. The Hall–Kier alpha value is -1.79. The summed E-state index contributed by atoms with van der Waals surface area (Å²) >= 11 is 5.75. The number of nitrogens with zero attached hydrogens (tertiary/aromatic N) is 1. The zero-order valence-electron chi connectivity index (χ0n) is 11.5. The van der Waals surface area contributed by atoms with Gasteiger partial charge in [-0.1, -0.05) is 18.5 Å². The first-order valence-electron chi connectivity index (χ1n) is 6.49. The minimum absolute atomic E-state index is 0.141. The number of rotatable bonds is 6. The molecule has 2 rings (SSSR count). The van der Waals surface area contributed by atoms with E-state index in [1.165, 1.54) is 24.3 Å². The van der Waals surface area contributed by atoms with Gasteiger partial charge in [-0.15, -0.1) is 0 Å². The van der Waals surface area contributed by atoms with E-state index in [-0.39, 0.29) is 10.7 Å². The van der Waals surface area contributed by atoms with Gasteiger partial charge in [0.25, 0.3) is 10.0 Å². The first kappa shape index (κ1) is 15.6. The van der Waals surface area contributed by atoms with E-state index in [0.717, 1.165) is 18.7 Å². The second kappa shape index (κ2) is 6.78. The van der Waals surface area contributed by atoms with Gasteiger partial charge >= 0.3 is 0 Å². The van der Waals surface area contributed by atoms with Gasteiger partial charge in [-0.05, 0) is 42.8 Å². The fourth-order valence-electron chi connectivity index (χ4n) is 1.64. The summed E-state index contributed by atoms with van der Waals surface area (Å²) in [5.74, 6) is 0.270. The van der Waals surface area contributed by atoms with Gasteiger partial charge in [-0.3, -0.25) is 4.72 Å². The van der Waals surface area contributed by atoms with E-state index in [1.807, 2.05) is 0 Å². The van der Waals surface area contributed by atoms with Crippen LogP contribution in [0.1, 0.15) is 13.3 Å². The van der Waals surface area contributed by atoms with Gasteiger partial charge in [0, 0.05) is 11.6 Å². The Morgan fingerprint density at radius 1 is 1.14 bits per heavy atom. The first-order chi connectivity index (χ1) is 10.0. The second-order valence-corrected chi connectivity index (χ2v) is 6.54. The van der Waals surface area contributed by atoms with Crippen LogP contribution in [-0.2, 0) is 10.0 Å². The van der Waals surface area contributed by atoms with Gasteiger partial charge < -0.3 is 5.32 Å². The van der Waals surface area contributed by atoms with Gasteiger partial charge in [0.2, 0.25) is 0 Å². The number of pyridine rings is 1. The van der Waals surface area contributed by atoms with Crippen molar-refractivity contribution in [2.45, 2.75) is 18.2 Å². The van der Waals surface area contributed by atoms with Crippen molar-refractivity contribution in [1.29, 1.82) is 0 Å². The summed E-state index contributed by atoms with van der Waals surface area (Å²) in [5, 5.41) is 3.65. The molecule has 0 amide bonds. The van der Waals surface area contributed by atoms with Crippen LogP contribution in [0.2, 0.25) is 5.02 Å². The minimum atomic E-state index is -3.65. The van der Waals surface area contributed by atoms with Crippen molar-refractivity contribution < 1.29 is 8.42 Å². The van der Waals surface area contributed by atoms with E-state index >= 15 is 0 Å². The molecular formula is C14H16ClN3O2S. The van der Waals surface area contributed by atoms with Crippen LogP contribution >= 0.6 is 11.6 Å². The van der Waals surface area contributed by atoms with Crippen molar-refractivity contribution in [1.82, 2.24) is 4.98 Å². The lowest BCUT2D eigenvalue weighted by Crippen LogP contribution is -2.13. The molecule has 0 aliphatic heterocycles. The molecule has 1 aromatic heterocycles. The van der Waals surface area contributed by atoms with Crippen LogP contribution in [-0.4, -0.2) is 19.9 Å². The Balaban J connectivity index is 2.11. The third-order valence-corrected chi connectivity index (χ3v) is 4.33. The maximum atomic E-state index is 12.2. The van der Waals surface area contributed by atoms with E-state index < -0.39 is 10.0 Å². The van der Waals surface area contributed by atoms with Crippen LogP contribution in [0.25, 0.3) is 0 Å². The van der Waals surface area contributed by atoms with Gasteiger partial charge in [0.1, 0.15) is 5.82 Å². The predicted molar refractivity (Wildman–Crippen MR) is 85.3 cm³/mol. The van der Waals surface area contributed by atoms with Crippen molar-refractivity contribution in [2.24, 2.45) is 0 Å². The lowest BCUT2D eigenvalue weighted by molar-refractivity contribution is 0.601. The number of halogens is 1. The average Bonchev–Trinajstić information content (AvgIpc) is 2.47. The third-order valence-electron chi connectivity index (χ3n) is 2.71. The predicted octanol–water partition coefficient (Wildman–Crippen LogP) is 3.36. The molecule has 0 radical (unpaired) electrons. The molecule has 0 aliphatic rings.